The van der Waals surface area contributed by atoms with E-state index in [1.807, 2.05) is 30.3 Å². The van der Waals surface area contributed by atoms with Crippen molar-refractivity contribution in [3.05, 3.63) is 48.5 Å². The molecule has 0 saturated heterocycles. The van der Waals surface area contributed by atoms with Crippen molar-refractivity contribution in [3.8, 4) is 0 Å². The van der Waals surface area contributed by atoms with E-state index in [2.05, 4.69) is 33.6 Å². The van der Waals surface area contributed by atoms with Gasteiger partial charge in [0.25, 0.3) is 0 Å². The van der Waals surface area contributed by atoms with Crippen molar-refractivity contribution in [3.63, 3.8) is 0 Å². The van der Waals surface area contributed by atoms with Gasteiger partial charge in [-0.2, -0.15) is 0 Å². The zero-order valence-electron chi connectivity index (χ0n) is 10.1. The number of hydrogen-bond acceptors (Lipinski definition) is 3. The number of para-hydroxylation sites is 1. The van der Waals surface area contributed by atoms with Gasteiger partial charge in [0.15, 0.2) is 0 Å². The molecule has 2 heterocycles. The van der Waals surface area contributed by atoms with E-state index in [1.165, 1.54) is 5.39 Å². The van der Waals surface area contributed by atoms with Crippen LogP contribution in [0.25, 0.3) is 32.7 Å². The van der Waals surface area contributed by atoms with Crippen LogP contribution >= 0.6 is 0 Å². The average Bonchev–Trinajstić information content (AvgIpc) is 2.84. The summed E-state index contributed by atoms with van der Waals surface area (Å²) in [4.78, 5) is 7.91. The Balaban J connectivity index is 2.34. The molecule has 2 aromatic heterocycles. The van der Waals surface area contributed by atoms with Crippen LogP contribution in [0, 0.1) is 0 Å². The molecule has 0 aliphatic heterocycles. The van der Waals surface area contributed by atoms with E-state index in [9.17, 15) is 0 Å². The lowest BCUT2D eigenvalue weighted by Gasteiger charge is -2.06. The topological polar surface area (TPSA) is 66.7 Å². The Morgan fingerprint density at radius 1 is 0.895 bits per heavy atom. The number of anilines is 1. The van der Waals surface area contributed by atoms with Crippen LogP contribution < -0.4 is 11.3 Å². The molecule has 0 aliphatic carbocycles. The van der Waals surface area contributed by atoms with Crippen LogP contribution in [-0.4, -0.2) is 9.97 Å². The fraction of sp³-hybridized carbons (Fsp3) is 0. The minimum Gasteiger partial charge on any atom is -0.339 e. The zero-order chi connectivity index (χ0) is 12.8. The quantitative estimate of drug-likeness (QED) is 0.358. The number of hydrogen-bond donors (Lipinski definition) is 3. The van der Waals surface area contributed by atoms with Gasteiger partial charge in [-0.05, 0) is 11.5 Å². The first-order chi connectivity index (χ1) is 9.38. The van der Waals surface area contributed by atoms with Crippen molar-refractivity contribution < 1.29 is 0 Å². The summed E-state index contributed by atoms with van der Waals surface area (Å²) >= 11 is 0. The number of aromatic amines is 1. The molecule has 92 valence electrons. The highest BCUT2D eigenvalue weighted by Crippen LogP contribution is 2.33. The van der Waals surface area contributed by atoms with E-state index in [-0.39, 0.29) is 0 Å². The molecule has 4 rings (SSSR count). The molecule has 0 saturated carbocycles. The molecule has 0 unspecified atom stereocenters. The third-order valence-electron chi connectivity index (χ3n) is 3.50. The van der Waals surface area contributed by atoms with Crippen LogP contribution in [-0.2, 0) is 0 Å². The summed E-state index contributed by atoms with van der Waals surface area (Å²) in [5.74, 6) is 6.26. The Bertz CT molecular complexity index is 908. The average molecular weight is 248 g/mol. The molecule has 0 atom stereocenters. The molecule has 4 N–H and O–H groups in total. The first-order valence-corrected chi connectivity index (χ1v) is 6.14. The van der Waals surface area contributed by atoms with Gasteiger partial charge in [0.2, 0.25) is 0 Å². The molecule has 0 spiro atoms. The van der Waals surface area contributed by atoms with Crippen molar-refractivity contribution in [2.75, 3.05) is 5.43 Å². The van der Waals surface area contributed by atoms with Gasteiger partial charge in [-0.1, -0.05) is 42.5 Å². The summed E-state index contributed by atoms with van der Waals surface area (Å²) in [6.45, 7) is 0. The van der Waals surface area contributed by atoms with E-state index in [0.29, 0.717) is 5.82 Å². The number of nitrogen functional groups attached to an aromatic ring is 1. The van der Waals surface area contributed by atoms with Crippen LogP contribution in [0.15, 0.2) is 48.5 Å². The molecule has 4 nitrogen and oxygen atoms in total. The van der Waals surface area contributed by atoms with Gasteiger partial charge in [-0.25, -0.2) is 10.8 Å². The number of nitrogens with zero attached hydrogens (tertiary/aromatic N) is 1. The van der Waals surface area contributed by atoms with Gasteiger partial charge < -0.3 is 10.4 Å². The zero-order valence-corrected chi connectivity index (χ0v) is 10.1. The molecule has 19 heavy (non-hydrogen) atoms. The molecule has 2 aromatic carbocycles. The number of fused-ring (bicyclic) bond motifs is 5. The lowest BCUT2D eigenvalue weighted by atomic mass is 10.1. The van der Waals surface area contributed by atoms with Crippen LogP contribution in [0.2, 0.25) is 0 Å². The predicted octanol–water partition coefficient (Wildman–Crippen LogP) is 3.15. The first-order valence-electron chi connectivity index (χ1n) is 6.14. The second-order valence-electron chi connectivity index (χ2n) is 4.54. The number of H-pyrrole nitrogens is 1. The molecular formula is C15H12N4. The maximum Gasteiger partial charge on any atom is 0.150 e. The second kappa shape index (κ2) is 3.70. The summed E-state index contributed by atoms with van der Waals surface area (Å²) in [7, 11) is 0. The molecule has 0 amide bonds. The summed E-state index contributed by atoms with van der Waals surface area (Å²) < 4.78 is 0. The third-order valence-corrected chi connectivity index (χ3v) is 3.50. The monoisotopic (exact) mass is 248 g/mol. The van der Waals surface area contributed by atoms with Crippen LogP contribution in [0.3, 0.4) is 0 Å². The smallest absolute Gasteiger partial charge is 0.150 e. The number of pyridine rings is 1. The minimum atomic E-state index is 0.689. The highest BCUT2D eigenvalue weighted by atomic mass is 15.3. The summed E-state index contributed by atoms with van der Waals surface area (Å²) in [5, 5.41) is 4.51. The Hall–Kier alpha value is -2.59. The van der Waals surface area contributed by atoms with Gasteiger partial charge in [0, 0.05) is 21.7 Å². The van der Waals surface area contributed by atoms with Crippen molar-refractivity contribution in [1.82, 2.24) is 9.97 Å². The molecule has 0 bridgehead atoms. The van der Waals surface area contributed by atoms with Gasteiger partial charge in [0.05, 0.1) is 0 Å². The highest BCUT2D eigenvalue weighted by Gasteiger charge is 2.11. The lowest BCUT2D eigenvalue weighted by molar-refractivity contribution is 1.26. The van der Waals surface area contributed by atoms with E-state index < -0.39 is 0 Å². The Kier molecular flexibility index (Phi) is 2.01. The number of nitrogens with one attached hydrogen (secondary N) is 2. The van der Waals surface area contributed by atoms with E-state index in [4.69, 9.17) is 5.84 Å². The third kappa shape index (κ3) is 1.34. The number of rotatable bonds is 1. The van der Waals surface area contributed by atoms with Crippen LogP contribution in [0.1, 0.15) is 0 Å². The maximum atomic E-state index is 5.57. The fourth-order valence-electron chi connectivity index (χ4n) is 2.67. The van der Waals surface area contributed by atoms with Crippen molar-refractivity contribution in [2.45, 2.75) is 0 Å². The van der Waals surface area contributed by atoms with E-state index in [0.717, 1.165) is 27.3 Å². The largest absolute Gasteiger partial charge is 0.339 e. The lowest BCUT2D eigenvalue weighted by Crippen LogP contribution is -2.09. The molecular weight excluding hydrogens is 236 g/mol. The van der Waals surface area contributed by atoms with Crippen LogP contribution in [0.5, 0.6) is 0 Å². The van der Waals surface area contributed by atoms with Crippen molar-refractivity contribution in [2.24, 2.45) is 5.84 Å². The van der Waals surface area contributed by atoms with Crippen molar-refractivity contribution >= 4 is 38.5 Å². The van der Waals surface area contributed by atoms with E-state index in [1.54, 1.807) is 0 Å². The number of aromatic nitrogens is 2. The SMILES string of the molecule is NNc1nc2[nH]c3ccccc3c2c2ccccc12. The summed E-state index contributed by atoms with van der Waals surface area (Å²) in [6, 6.07) is 16.4. The minimum absolute atomic E-state index is 0.689. The number of benzene rings is 2. The van der Waals surface area contributed by atoms with Gasteiger partial charge in [-0.15, -0.1) is 0 Å². The Labute approximate surface area is 109 Å². The highest BCUT2D eigenvalue weighted by molar-refractivity contribution is 6.20. The molecule has 0 fully saturated rings. The first kappa shape index (κ1) is 10.3. The number of nitrogens with two attached hydrogens (primary N) is 1. The van der Waals surface area contributed by atoms with Gasteiger partial charge in [-0.3, -0.25) is 0 Å². The molecule has 0 radical (unpaired) electrons. The second-order valence-corrected chi connectivity index (χ2v) is 4.54. The van der Waals surface area contributed by atoms with Gasteiger partial charge >= 0.3 is 0 Å². The number of hydrazine groups is 1. The van der Waals surface area contributed by atoms with Gasteiger partial charge in [0.1, 0.15) is 11.5 Å². The maximum absolute atomic E-state index is 5.57. The summed E-state index contributed by atoms with van der Waals surface area (Å²) in [6.07, 6.45) is 0. The summed E-state index contributed by atoms with van der Waals surface area (Å²) in [5.41, 5.74) is 4.62. The Morgan fingerprint density at radius 3 is 2.37 bits per heavy atom. The standard InChI is InChI=1S/C15H12N4/c16-19-14-10-6-2-1-5-9(10)13-11-7-3-4-8-12(11)17-15(13)18-14/h1-8H,16H2,(H2,17,18,19). The van der Waals surface area contributed by atoms with E-state index >= 15 is 0 Å². The van der Waals surface area contributed by atoms with Crippen molar-refractivity contribution in [1.29, 1.82) is 0 Å². The Morgan fingerprint density at radius 2 is 1.58 bits per heavy atom. The molecule has 0 aliphatic rings. The molecule has 4 aromatic rings. The normalized spacial score (nSPS) is 11.4. The predicted molar refractivity (Wildman–Crippen MR) is 78.9 cm³/mol. The van der Waals surface area contributed by atoms with Crippen LogP contribution in [0.4, 0.5) is 5.82 Å². The fourth-order valence-corrected chi connectivity index (χ4v) is 2.67. The molecule has 4 heteroatoms.